The quantitative estimate of drug-likeness (QED) is 0.291. The Morgan fingerprint density at radius 3 is 2.56 bits per heavy atom. The van der Waals surface area contributed by atoms with Crippen molar-refractivity contribution >= 4 is 17.5 Å². The van der Waals surface area contributed by atoms with E-state index < -0.39 is 0 Å². The molecule has 0 bridgehead atoms. The Morgan fingerprint density at radius 1 is 1.12 bits per heavy atom. The van der Waals surface area contributed by atoms with Gasteiger partial charge >= 0.3 is 0 Å². The van der Waals surface area contributed by atoms with Crippen LogP contribution in [0.2, 0.25) is 0 Å². The van der Waals surface area contributed by atoms with Gasteiger partial charge in [-0.25, -0.2) is 4.68 Å². The zero-order chi connectivity index (χ0) is 30.3. The number of hydrogen-bond donors (Lipinski definition) is 2. The number of hydrogen-bond acceptors (Lipinski definition) is 8. The van der Waals surface area contributed by atoms with Crippen LogP contribution in [-0.4, -0.2) is 85.8 Å². The second kappa shape index (κ2) is 13.6. The fraction of sp³-hybridized carbons (Fsp3) is 0.344. The first-order valence-corrected chi connectivity index (χ1v) is 14.4. The molecule has 0 aliphatic carbocycles. The molecule has 3 atom stereocenters. The molecule has 11 heteroatoms. The zero-order valence-electron chi connectivity index (χ0n) is 24.6. The molecular formula is C32H37N7O4. The van der Waals surface area contributed by atoms with Crippen LogP contribution in [0.5, 0.6) is 5.75 Å². The molecule has 2 N–H and O–H groups in total. The minimum atomic E-state index is -0.388. The van der Waals surface area contributed by atoms with E-state index in [1.807, 2.05) is 25.1 Å². The van der Waals surface area contributed by atoms with Crippen LogP contribution >= 0.6 is 0 Å². The first-order valence-electron chi connectivity index (χ1n) is 14.4. The van der Waals surface area contributed by atoms with Gasteiger partial charge in [-0.2, -0.15) is 0 Å². The molecule has 11 nitrogen and oxygen atoms in total. The van der Waals surface area contributed by atoms with Crippen LogP contribution in [0.4, 0.5) is 5.69 Å². The van der Waals surface area contributed by atoms with Crippen molar-refractivity contribution in [1.29, 1.82) is 0 Å². The van der Waals surface area contributed by atoms with Gasteiger partial charge in [0.25, 0.3) is 5.91 Å². The van der Waals surface area contributed by atoms with E-state index in [-0.39, 0.29) is 43.0 Å². The second-order valence-electron chi connectivity index (χ2n) is 11.1. The SMILES string of the molecule is C[C@@H]1CN([C@@H](C)CO)C(=O)c2cc(NC(=O)Cn3cnnn3)ccc2O[C@@H]1CN(C)Cc1ccc(-c2ccccc2)cc1. The van der Waals surface area contributed by atoms with Crippen LogP contribution < -0.4 is 10.1 Å². The molecule has 4 aromatic rings. The summed E-state index contributed by atoms with van der Waals surface area (Å²) in [5, 5.41) is 23.5. The van der Waals surface area contributed by atoms with E-state index in [4.69, 9.17) is 4.74 Å². The molecule has 2 amide bonds. The normalized spacial score (nSPS) is 17.5. The van der Waals surface area contributed by atoms with Crippen molar-refractivity contribution in [3.05, 3.63) is 90.3 Å². The van der Waals surface area contributed by atoms with Gasteiger partial charge in [0, 0.05) is 31.2 Å². The molecule has 3 aromatic carbocycles. The zero-order valence-corrected chi connectivity index (χ0v) is 24.6. The molecule has 0 spiro atoms. The molecule has 0 saturated carbocycles. The Labute approximate surface area is 251 Å². The maximum atomic E-state index is 13.7. The molecule has 0 fully saturated rings. The summed E-state index contributed by atoms with van der Waals surface area (Å²) in [4.78, 5) is 30.2. The highest BCUT2D eigenvalue weighted by molar-refractivity contribution is 5.99. The highest BCUT2D eigenvalue weighted by Gasteiger charge is 2.33. The minimum Gasteiger partial charge on any atom is -0.488 e. The van der Waals surface area contributed by atoms with E-state index in [9.17, 15) is 14.7 Å². The molecule has 43 heavy (non-hydrogen) atoms. The summed E-state index contributed by atoms with van der Waals surface area (Å²) in [5.74, 6) is -0.164. The van der Waals surface area contributed by atoms with Crippen LogP contribution in [0.25, 0.3) is 11.1 Å². The van der Waals surface area contributed by atoms with Gasteiger partial charge in [0.1, 0.15) is 24.7 Å². The third-order valence-electron chi connectivity index (χ3n) is 7.65. The average Bonchev–Trinajstić information content (AvgIpc) is 3.52. The molecule has 0 saturated heterocycles. The first kappa shape index (κ1) is 29.9. The number of carbonyl (C=O) groups excluding carboxylic acids is 2. The van der Waals surface area contributed by atoms with Crippen molar-refractivity contribution in [1.82, 2.24) is 30.0 Å². The molecule has 5 rings (SSSR count). The number of nitrogens with zero attached hydrogens (tertiary/aromatic N) is 6. The van der Waals surface area contributed by atoms with Crippen LogP contribution in [-0.2, 0) is 17.9 Å². The molecule has 224 valence electrons. The van der Waals surface area contributed by atoms with Crippen LogP contribution in [0.3, 0.4) is 0 Å². The molecular weight excluding hydrogens is 546 g/mol. The van der Waals surface area contributed by atoms with Gasteiger partial charge in [0.2, 0.25) is 5.91 Å². The standard InChI is InChI=1S/C32H37N7O4/c1-22-16-39(23(2)20-40)32(42)28-15-27(34-31(41)19-38-21-33-35-36-38)13-14-29(28)43-30(22)18-37(3)17-24-9-11-26(12-10-24)25-7-5-4-6-8-25/h4-15,21-23,30,40H,16-20H2,1-3H3,(H,34,41)/t22-,23+,30-/m1/s1. The lowest BCUT2D eigenvalue weighted by Gasteiger charge is -2.38. The van der Waals surface area contributed by atoms with E-state index in [1.165, 1.54) is 27.7 Å². The Hall–Kier alpha value is -4.61. The van der Waals surface area contributed by atoms with Gasteiger partial charge < -0.3 is 20.1 Å². The smallest absolute Gasteiger partial charge is 0.258 e. The third-order valence-corrected chi connectivity index (χ3v) is 7.65. The molecule has 1 aromatic heterocycles. The predicted molar refractivity (Wildman–Crippen MR) is 162 cm³/mol. The fourth-order valence-electron chi connectivity index (χ4n) is 5.24. The topological polar surface area (TPSA) is 126 Å². The summed E-state index contributed by atoms with van der Waals surface area (Å²) in [6.45, 7) is 5.43. The maximum absolute atomic E-state index is 13.7. The lowest BCUT2D eigenvalue weighted by molar-refractivity contribution is -0.116. The number of carbonyl (C=O) groups is 2. The van der Waals surface area contributed by atoms with E-state index in [0.29, 0.717) is 30.1 Å². The maximum Gasteiger partial charge on any atom is 0.258 e. The largest absolute Gasteiger partial charge is 0.488 e. The van der Waals surface area contributed by atoms with Gasteiger partial charge in [-0.05, 0) is 59.3 Å². The van der Waals surface area contributed by atoms with E-state index in [0.717, 1.165) is 6.54 Å². The summed E-state index contributed by atoms with van der Waals surface area (Å²) < 4.78 is 7.82. The molecule has 1 aliphatic rings. The van der Waals surface area contributed by atoms with Crippen LogP contribution in [0.15, 0.2) is 79.1 Å². The van der Waals surface area contributed by atoms with Gasteiger partial charge in [-0.3, -0.25) is 14.5 Å². The monoisotopic (exact) mass is 583 g/mol. The van der Waals surface area contributed by atoms with E-state index in [2.05, 4.69) is 76.1 Å². The van der Waals surface area contributed by atoms with Crippen LogP contribution in [0.1, 0.15) is 29.8 Å². The molecule has 2 heterocycles. The van der Waals surface area contributed by atoms with Crippen molar-refractivity contribution in [3.63, 3.8) is 0 Å². The highest BCUT2D eigenvalue weighted by Crippen LogP contribution is 2.31. The predicted octanol–water partition coefficient (Wildman–Crippen LogP) is 3.33. The summed E-state index contributed by atoms with van der Waals surface area (Å²) in [7, 11) is 2.06. The number of likely N-dealkylation sites (N-methyl/N-ethyl adjacent to an activating group) is 1. The number of tetrazole rings is 1. The van der Waals surface area contributed by atoms with Crippen molar-refractivity contribution in [2.24, 2.45) is 5.92 Å². The van der Waals surface area contributed by atoms with Gasteiger partial charge in [-0.15, -0.1) is 5.10 Å². The Bertz CT molecular complexity index is 1510. The number of rotatable bonds is 10. The molecule has 1 aliphatic heterocycles. The van der Waals surface area contributed by atoms with Crippen molar-refractivity contribution in [2.75, 3.05) is 32.1 Å². The summed E-state index contributed by atoms with van der Waals surface area (Å²) >= 11 is 0. The number of nitrogens with one attached hydrogen (secondary N) is 1. The number of aliphatic hydroxyl groups excluding tert-OH is 1. The average molecular weight is 584 g/mol. The molecule has 0 radical (unpaired) electrons. The number of amides is 2. The lowest BCUT2D eigenvalue weighted by Crippen LogP contribution is -2.49. The number of anilines is 1. The second-order valence-corrected chi connectivity index (χ2v) is 11.1. The Balaban J connectivity index is 1.32. The number of fused-ring (bicyclic) bond motifs is 1. The fourth-order valence-corrected chi connectivity index (χ4v) is 5.24. The van der Waals surface area contributed by atoms with Crippen molar-refractivity contribution in [2.45, 2.75) is 39.1 Å². The molecule has 0 unspecified atom stereocenters. The first-order chi connectivity index (χ1) is 20.8. The van der Waals surface area contributed by atoms with Crippen LogP contribution in [0, 0.1) is 5.92 Å². The number of aromatic nitrogens is 4. The number of ether oxygens (including phenoxy) is 1. The minimum absolute atomic E-state index is 0.00956. The van der Waals surface area contributed by atoms with Gasteiger partial charge in [0.05, 0.1) is 18.2 Å². The van der Waals surface area contributed by atoms with Crippen molar-refractivity contribution in [3.8, 4) is 16.9 Å². The van der Waals surface area contributed by atoms with Crippen molar-refractivity contribution < 1.29 is 19.4 Å². The highest BCUT2D eigenvalue weighted by atomic mass is 16.5. The summed E-state index contributed by atoms with van der Waals surface area (Å²) in [6.07, 6.45) is 1.12. The van der Waals surface area contributed by atoms with E-state index in [1.54, 1.807) is 23.1 Å². The number of benzene rings is 3. The summed E-state index contributed by atoms with van der Waals surface area (Å²) in [6, 6.07) is 23.5. The number of aliphatic hydroxyl groups is 1. The van der Waals surface area contributed by atoms with Gasteiger partial charge in [0.15, 0.2) is 0 Å². The van der Waals surface area contributed by atoms with E-state index >= 15 is 0 Å². The Morgan fingerprint density at radius 2 is 1.86 bits per heavy atom. The summed E-state index contributed by atoms with van der Waals surface area (Å²) in [5.41, 5.74) is 4.33. The Kier molecular flexibility index (Phi) is 9.43. The lowest BCUT2D eigenvalue weighted by atomic mass is 9.99. The third kappa shape index (κ3) is 7.43. The van der Waals surface area contributed by atoms with Gasteiger partial charge in [-0.1, -0.05) is 61.5 Å².